The summed E-state index contributed by atoms with van der Waals surface area (Å²) in [5.41, 5.74) is 6.66. The van der Waals surface area contributed by atoms with Gasteiger partial charge in [-0.05, 0) is 20.3 Å². The molecule has 0 aliphatic rings. The molecule has 0 aliphatic heterocycles. The Hall–Kier alpha value is -1.30. The topological polar surface area (TPSA) is 78.1 Å². The Kier molecular flexibility index (Phi) is 5.91. The summed E-state index contributed by atoms with van der Waals surface area (Å²) in [6, 6.07) is 0. The molecule has 0 radical (unpaired) electrons. The minimum absolute atomic E-state index is 0.240. The second kappa shape index (κ2) is 7.20. The van der Waals surface area contributed by atoms with Crippen molar-refractivity contribution in [2.75, 3.05) is 18.1 Å². The van der Waals surface area contributed by atoms with E-state index in [2.05, 4.69) is 16.9 Å². The number of anilines is 1. The average molecular weight is 269 g/mol. The number of nitrogens with zero attached hydrogens (tertiary/aromatic N) is 2. The van der Waals surface area contributed by atoms with Crippen LogP contribution >= 0.6 is 11.8 Å². The molecule has 0 unspecified atom stereocenters. The summed E-state index contributed by atoms with van der Waals surface area (Å²) in [6.07, 6.45) is 1.75. The molecule has 0 amide bonds. The van der Waals surface area contributed by atoms with Gasteiger partial charge in [0.25, 0.3) is 0 Å². The zero-order valence-corrected chi connectivity index (χ0v) is 11.8. The van der Waals surface area contributed by atoms with Gasteiger partial charge in [0.1, 0.15) is 16.7 Å². The summed E-state index contributed by atoms with van der Waals surface area (Å²) in [6.45, 7) is 6.10. The number of esters is 1. The van der Waals surface area contributed by atoms with E-state index in [1.165, 1.54) is 11.8 Å². The van der Waals surface area contributed by atoms with E-state index in [1.54, 1.807) is 6.92 Å². The lowest BCUT2D eigenvalue weighted by atomic mass is 10.3. The number of thioether (sulfide) groups is 1. The van der Waals surface area contributed by atoms with E-state index in [1.807, 2.05) is 6.92 Å². The van der Waals surface area contributed by atoms with Crippen molar-refractivity contribution in [1.82, 2.24) is 9.97 Å². The average Bonchev–Trinajstić information content (AvgIpc) is 2.32. The summed E-state index contributed by atoms with van der Waals surface area (Å²) in [4.78, 5) is 19.9. The predicted molar refractivity (Wildman–Crippen MR) is 72.5 cm³/mol. The van der Waals surface area contributed by atoms with E-state index in [-0.39, 0.29) is 11.7 Å². The third-order valence-electron chi connectivity index (χ3n) is 2.29. The Morgan fingerprint density at radius 1 is 1.39 bits per heavy atom. The van der Waals surface area contributed by atoms with Crippen molar-refractivity contribution in [2.24, 2.45) is 0 Å². The Labute approximate surface area is 112 Å². The van der Waals surface area contributed by atoms with Crippen LogP contribution in [0.2, 0.25) is 0 Å². The second-order valence-electron chi connectivity index (χ2n) is 3.80. The number of aromatic nitrogens is 2. The van der Waals surface area contributed by atoms with E-state index in [4.69, 9.17) is 10.5 Å². The van der Waals surface area contributed by atoms with Gasteiger partial charge in [-0.3, -0.25) is 4.79 Å². The van der Waals surface area contributed by atoms with Crippen molar-refractivity contribution in [3.63, 3.8) is 0 Å². The fourth-order valence-corrected chi connectivity index (χ4v) is 2.19. The Bertz CT molecular complexity index is 424. The minimum atomic E-state index is -0.240. The lowest BCUT2D eigenvalue weighted by Gasteiger charge is -2.09. The summed E-state index contributed by atoms with van der Waals surface area (Å²) in [5, 5.41) is 0.763. The van der Waals surface area contributed by atoms with Crippen LogP contribution < -0.4 is 5.73 Å². The van der Waals surface area contributed by atoms with Gasteiger partial charge in [0.2, 0.25) is 0 Å². The molecule has 0 fully saturated rings. The smallest absolute Gasteiger partial charge is 0.316 e. The quantitative estimate of drug-likeness (QED) is 0.483. The molecule has 5 nitrogen and oxygen atoms in total. The molecule has 0 bridgehead atoms. The number of hydrogen-bond donors (Lipinski definition) is 1. The van der Waals surface area contributed by atoms with Crippen molar-refractivity contribution < 1.29 is 9.53 Å². The van der Waals surface area contributed by atoms with Crippen LogP contribution in [0.1, 0.15) is 31.7 Å². The number of ether oxygens (including phenoxy) is 1. The zero-order valence-electron chi connectivity index (χ0n) is 11.0. The molecule has 0 spiro atoms. The van der Waals surface area contributed by atoms with Crippen molar-refractivity contribution in [2.45, 2.75) is 38.6 Å². The lowest BCUT2D eigenvalue weighted by molar-refractivity contribution is -0.139. The molecule has 6 heteroatoms. The molecule has 1 rings (SSSR count). The first-order valence-corrected chi connectivity index (χ1v) is 6.98. The van der Waals surface area contributed by atoms with E-state index in [0.717, 1.165) is 29.3 Å². The second-order valence-corrected chi connectivity index (χ2v) is 4.76. The van der Waals surface area contributed by atoms with Crippen LogP contribution in [0.5, 0.6) is 0 Å². The first-order chi connectivity index (χ1) is 8.58. The molecule has 1 aromatic rings. The molecule has 1 aromatic heterocycles. The minimum Gasteiger partial charge on any atom is -0.465 e. The van der Waals surface area contributed by atoms with Crippen molar-refractivity contribution >= 4 is 23.5 Å². The van der Waals surface area contributed by atoms with Gasteiger partial charge in [0, 0.05) is 12.0 Å². The third kappa shape index (κ3) is 4.18. The van der Waals surface area contributed by atoms with E-state index >= 15 is 0 Å². The molecule has 18 heavy (non-hydrogen) atoms. The molecule has 0 saturated carbocycles. The number of aryl methyl sites for hydroxylation is 1. The predicted octanol–water partition coefficient (Wildman–Crippen LogP) is 1.97. The fourth-order valence-electron chi connectivity index (χ4n) is 1.36. The van der Waals surface area contributed by atoms with Gasteiger partial charge >= 0.3 is 5.97 Å². The summed E-state index contributed by atoms with van der Waals surface area (Å²) >= 11 is 1.34. The number of carbonyl (C=O) groups excluding carboxylic acids is 1. The molecule has 0 aromatic carbocycles. The summed E-state index contributed by atoms with van der Waals surface area (Å²) < 4.78 is 4.88. The molecule has 0 aliphatic carbocycles. The van der Waals surface area contributed by atoms with Crippen LogP contribution in [0.15, 0.2) is 5.03 Å². The largest absolute Gasteiger partial charge is 0.465 e. The number of nitrogens with two attached hydrogens (primary N) is 1. The lowest BCUT2D eigenvalue weighted by Crippen LogP contribution is -2.09. The van der Waals surface area contributed by atoms with Crippen LogP contribution in [0.3, 0.4) is 0 Å². The van der Waals surface area contributed by atoms with Crippen LogP contribution in [0, 0.1) is 6.92 Å². The SMILES string of the molecule is CCCc1nc(N)c(C)c(SCC(=O)OCC)n1. The maximum Gasteiger partial charge on any atom is 0.316 e. The standard InChI is InChI=1S/C12H19N3O2S/c1-4-6-9-14-11(13)8(3)12(15-9)18-7-10(16)17-5-2/h4-7H2,1-3H3,(H2,13,14,15). The normalized spacial score (nSPS) is 10.4. The van der Waals surface area contributed by atoms with Gasteiger partial charge in [-0.15, -0.1) is 0 Å². The maximum absolute atomic E-state index is 11.3. The first-order valence-electron chi connectivity index (χ1n) is 5.99. The number of hydrogen-bond acceptors (Lipinski definition) is 6. The highest BCUT2D eigenvalue weighted by Gasteiger charge is 2.11. The Morgan fingerprint density at radius 3 is 2.72 bits per heavy atom. The molecule has 0 atom stereocenters. The van der Waals surface area contributed by atoms with E-state index < -0.39 is 0 Å². The van der Waals surface area contributed by atoms with Gasteiger partial charge in [-0.25, -0.2) is 9.97 Å². The van der Waals surface area contributed by atoms with Gasteiger partial charge in [-0.2, -0.15) is 0 Å². The number of rotatable bonds is 6. The summed E-state index contributed by atoms with van der Waals surface area (Å²) in [5.74, 6) is 1.22. The molecule has 1 heterocycles. The van der Waals surface area contributed by atoms with Crippen molar-refractivity contribution in [1.29, 1.82) is 0 Å². The molecule has 100 valence electrons. The number of carbonyl (C=O) groups is 1. The van der Waals surface area contributed by atoms with E-state index in [0.29, 0.717) is 12.4 Å². The monoisotopic (exact) mass is 269 g/mol. The van der Waals surface area contributed by atoms with Crippen LogP contribution in [-0.4, -0.2) is 28.3 Å². The van der Waals surface area contributed by atoms with Crippen LogP contribution in [0.25, 0.3) is 0 Å². The van der Waals surface area contributed by atoms with Gasteiger partial charge in [0.15, 0.2) is 0 Å². The first kappa shape index (κ1) is 14.8. The van der Waals surface area contributed by atoms with Crippen molar-refractivity contribution in [3.05, 3.63) is 11.4 Å². The zero-order chi connectivity index (χ0) is 13.5. The van der Waals surface area contributed by atoms with Crippen LogP contribution in [-0.2, 0) is 16.0 Å². The Balaban J connectivity index is 2.77. The third-order valence-corrected chi connectivity index (χ3v) is 3.34. The van der Waals surface area contributed by atoms with Gasteiger partial charge < -0.3 is 10.5 Å². The summed E-state index contributed by atoms with van der Waals surface area (Å²) in [7, 11) is 0. The molecule has 0 saturated heterocycles. The van der Waals surface area contributed by atoms with E-state index in [9.17, 15) is 4.79 Å². The van der Waals surface area contributed by atoms with Crippen LogP contribution in [0.4, 0.5) is 5.82 Å². The highest BCUT2D eigenvalue weighted by Crippen LogP contribution is 2.23. The highest BCUT2D eigenvalue weighted by molar-refractivity contribution is 7.99. The Morgan fingerprint density at radius 2 is 2.11 bits per heavy atom. The maximum atomic E-state index is 11.3. The molecule has 2 N–H and O–H groups in total. The van der Waals surface area contributed by atoms with Crippen molar-refractivity contribution in [3.8, 4) is 0 Å². The number of nitrogen functional groups attached to an aromatic ring is 1. The molecular formula is C12H19N3O2S. The van der Waals surface area contributed by atoms with Gasteiger partial charge in [0.05, 0.1) is 12.4 Å². The highest BCUT2D eigenvalue weighted by atomic mass is 32.2. The molecular weight excluding hydrogens is 250 g/mol. The fraction of sp³-hybridized carbons (Fsp3) is 0.583. The van der Waals surface area contributed by atoms with Gasteiger partial charge in [-0.1, -0.05) is 18.7 Å².